The van der Waals surface area contributed by atoms with Gasteiger partial charge >= 0.3 is 0 Å². The fourth-order valence-electron chi connectivity index (χ4n) is 3.05. The number of hydrogen-bond donors (Lipinski definition) is 1. The molecule has 16 heavy (non-hydrogen) atoms. The van der Waals surface area contributed by atoms with E-state index in [4.69, 9.17) is 4.43 Å². The lowest BCUT2D eigenvalue weighted by atomic mass is 10.0. The average molecular weight is 243 g/mol. The fraction of sp³-hybridized carbons (Fsp3) is 1.00. The number of nitrogens with one attached hydrogen (secondary N) is 1. The standard InChI is InChI=1S/C13H29NOSi/c1-4-11-14-16(15-3,12-5-2)13-9-7-6-8-10-13/h13-14H,4-12H2,1-3H3. The molecule has 1 rings (SSSR count). The van der Waals surface area contributed by atoms with Crippen molar-refractivity contribution in [2.75, 3.05) is 13.7 Å². The van der Waals surface area contributed by atoms with Crippen LogP contribution < -0.4 is 4.98 Å². The molecule has 0 aromatic rings. The van der Waals surface area contributed by atoms with E-state index in [9.17, 15) is 0 Å². The van der Waals surface area contributed by atoms with E-state index in [1.807, 2.05) is 7.11 Å². The predicted molar refractivity (Wildman–Crippen MR) is 73.0 cm³/mol. The van der Waals surface area contributed by atoms with Gasteiger partial charge in [0.25, 0.3) is 8.48 Å². The molecule has 0 spiro atoms. The topological polar surface area (TPSA) is 21.3 Å². The van der Waals surface area contributed by atoms with Crippen LogP contribution in [-0.4, -0.2) is 22.1 Å². The third kappa shape index (κ3) is 3.57. The van der Waals surface area contributed by atoms with Gasteiger partial charge in [-0.3, -0.25) is 0 Å². The minimum absolute atomic E-state index is 0.859. The van der Waals surface area contributed by atoms with Gasteiger partial charge in [-0.15, -0.1) is 0 Å². The van der Waals surface area contributed by atoms with Gasteiger partial charge in [-0.1, -0.05) is 39.5 Å². The largest absolute Gasteiger partial charge is 0.406 e. The highest BCUT2D eigenvalue weighted by molar-refractivity contribution is 6.72. The van der Waals surface area contributed by atoms with Gasteiger partial charge < -0.3 is 9.41 Å². The highest BCUT2D eigenvalue weighted by Crippen LogP contribution is 2.38. The summed E-state index contributed by atoms with van der Waals surface area (Å²) in [6.45, 7) is 5.67. The first-order valence-electron chi connectivity index (χ1n) is 7.09. The van der Waals surface area contributed by atoms with Crippen LogP contribution in [0.2, 0.25) is 11.6 Å². The van der Waals surface area contributed by atoms with Gasteiger partial charge in [0.15, 0.2) is 0 Å². The van der Waals surface area contributed by atoms with E-state index in [0.717, 1.165) is 12.1 Å². The van der Waals surface area contributed by atoms with Crippen molar-refractivity contribution in [3.63, 3.8) is 0 Å². The van der Waals surface area contributed by atoms with Crippen LogP contribution in [-0.2, 0) is 4.43 Å². The number of rotatable bonds is 7. The van der Waals surface area contributed by atoms with Crippen LogP contribution in [0.5, 0.6) is 0 Å². The lowest BCUT2D eigenvalue weighted by molar-refractivity contribution is 0.335. The van der Waals surface area contributed by atoms with Crippen LogP contribution in [0, 0.1) is 0 Å². The Balaban J connectivity index is 2.64. The summed E-state index contributed by atoms with van der Waals surface area (Å²) in [7, 11) is 0.304. The van der Waals surface area contributed by atoms with Crippen LogP contribution in [0.15, 0.2) is 0 Å². The SMILES string of the molecule is CCCN[Si](CCC)(OC)C1CCCCC1. The van der Waals surface area contributed by atoms with Crippen molar-refractivity contribution in [2.24, 2.45) is 0 Å². The summed E-state index contributed by atoms with van der Waals surface area (Å²) in [5.74, 6) is 0. The second kappa shape index (κ2) is 7.46. The molecule has 0 aromatic carbocycles. The maximum Gasteiger partial charge on any atom is 0.271 e. The second-order valence-corrected chi connectivity index (χ2v) is 8.96. The molecule has 3 heteroatoms. The third-order valence-corrected chi connectivity index (χ3v) is 8.64. The van der Waals surface area contributed by atoms with Gasteiger partial charge in [0.05, 0.1) is 0 Å². The maximum absolute atomic E-state index is 6.05. The predicted octanol–water partition coefficient (Wildman–Crippen LogP) is 3.82. The second-order valence-electron chi connectivity index (χ2n) is 5.11. The van der Waals surface area contributed by atoms with Crippen molar-refractivity contribution in [1.29, 1.82) is 0 Å². The molecule has 0 aromatic heterocycles. The monoisotopic (exact) mass is 243 g/mol. The minimum Gasteiger partial charge on any atom is -0.406 e. The molecule has 0 radical (unpaired) electrons. The van der Waals surface area contributed by atoms with E-state index >= 15 is 0 Å². The van der Waals surface area contributed by atoms with Crippen molar-refractivity contribution in [2.45, 2.75) is 70.4 Å². The van der Waals surface area contributed by atoms with Gasteiger partial charge in [-0.05, 0) is 37.4 Å². The Hall–Kier alpha value is 0.137. The van der Waals surface area contributed by atoms with Crippen molar-refractivity contribution in [3.05, 3.63) is 0 Å². The van der Waals surface area contributed by atoms with E-state index in [0.29, 0.717) is 0 Å². The molecule has 96 valence electrons. The molecule has 1 fully saturated rings. The van der Waals surface area contributed by atoms with E-state index in [-0.39, 0.29) is 0 Å². The first-order chi connectivity index (χ1) is 7.79. The summed E-state index contributed by atoms with van der Waals surface area (Å²) in [4.78, 5) is 3.82. The molecule has 0 bridgehead atoms. The molecule has 0 amide bonds. The molecule has 1 N–H and O–H groups in total. The maximum atomic E-state index is 6.05. The van der Waals surface area contributed by atoms with E-state index < -0.39 is 8.48 Å². The molecule has 0 aliphatic heterocycles. The Bertz CT molecular complexity index is 183. The fourth-order valence-corrected chi connectivity index (χ4v) is 7.37. The molecule has 2 nitrogen and oxygen atoms in total. The lowest BCUT2D eigenvalue weighted by Crippen LogP contribution is -2.57. The third-order valence-electron chi connectivity index (χ3n) is 3.92. The quantitative estimate of drug-likeness (QED) is 0.686. The van der Waals surface area contributed by atoms with Gasteiger partial charge in [-0.25, -0.2) is 0 Å². The number of hydrogen-bond acceptors (Lipinski definition) is 2. The van der Waals surface area contributed by atoms with Crippen molar-refractivity contribution >= 4 is 8.48 Å². The Morgan fingerprint density at radius 1 is 1.12 bits per heavy atom. The van der Waals surface area contributed by atoms with Gasteiger partial charge in [0, 0.05) is 7.11 Å². The van der Waals surface area contributed by atoms with E-state index in [1.54, 1.807) is 0 Å². The van der Waals surface area contributed by atoms with Gasteiger partial charge in [0.2, 0.25) is 0 Å². The Morgan fingerprint density at radius 2 is 1.81 bits per heavy atom. The summed E-state index contributed by atoms with van der Waals surface area (Å²) in [5.41, 5.74) is 0.859. The van der Waals surface area contributed by atoms with Gasteiger partial charge in [-0.2, -0.15) is 0 Å². The molecular weight excluding hydrogens is 214 g/mol. The van der Waals surface area contributed by atoms with Gasteiger partial charge in [0.1, 0.15) is 0 Å². The Morgan fingerprint density at radius 3 is 2.31 bits per heavy atom. The molecule has 1 aliphatic carbocycles. The summed E-state index contributed by atoms with van der Waals surface area (Å²) < 4.78 is 6.05. The highest BCUT2D eigenvalue weighted by Gasteiger charge is 2.41. The van der Waals surface area contributed by atoms with Crippen LogP contribution in [0.1, 0.15) is 58.8 Å². The van der Waals surface area contributed by atoms with Crippen molar-refractivity contribution in [1.82, 2.24) is 4.98 Å². The van der Waals surface area contributed by atoms with Crippen LogP contribution in [0.25, 0.3) is 0 Å². The molecule has 1 saturated carbocycles. The summed E-state index contributed by atoms with van der Waals surface area (Å²) in [6.07, 6.45) is 9.54. The molecule has 1 unspecified atom stereocenters. The Labute approximate surface area is 102 Å². The molecule has 0 saturated heterocycles. The first-order valence-corrected chi connectivity index (χ1v) is 9.28. The zero-order valence-electron chi connectivity index (χ0n) is 11.3. The summed E-state index contributed by atoms with van der Waals surface area (Å²) in [5, 5.41) is 0. The zero-order valence-corrected chi connectivity index (χ0v) is 12.3. The molecule has 1 aliphatic rings. The van der Waals surface area contributed by atoms with Crippen LogP contribution >= 0.6 is 0 Å². The summed E-state index contributed by atoms with van der Waals surface area (Å²) >= 11 is 0. The minimum atomic E-state index is -1.64. The first kappa shape index (κ1) is 14.2. The van der Waals surface area contributed by atoms with Crippen molar-refractivity contribution < 1.29 is 4.43 Å². The zero-order chi connectivity index (χ0) is 11.9. The smallest absolute Gasteiger partial charge is 0.271 e. The molecule has 1 atom stereocenters. The Kier molecular flexibility index (Phi) is 6.62. The molecule has 0 heterocycles. The normalized spacial score (nSPS) is 21.9. The van der Waals surface area contributed by atoms with E-state index in [1.165, 1.54) is 51.0 Å². The summed E-state index contributed by atoms with van der Waals surface area (Å²) in [6, 6.07) is 1.29. The van der Waals surface area contributed by atoms with Crippen molar-refractivity contribution in [3.8, 4) is 0 Å². The highest BCUT2D eigenvalue weighted by atomic mass is 28.4. The van der Waals surface area contributed by atoms with Crippen LogP contribution in [0.4, 0.5) is 0 Å². The molecular formula is C13H29NOSi. The van der Waals surface area contributed by atoms with Crippen LogP contribution in [0.3, 0.4) is 0 Å². The average Bonchev–Trinajstić information content (AvgIpc) is 2.36. The van der Waals surface area contributed by atoms with E-state index in [2.05, 4.69) is 18.8 Å². The lowest BCUT2D eigenvalue weighted by Gasteiger charge is -2.39.